The van der Waals surface area contributed by atoms with Gasteiger partial charge in [-0.05, 0) is 6.42 Å². The van der Waals surface area contributed by atoms with Gasteiger partial charge >= 0.3 is 5.97 Å². The highest BCUT2D eigenvalue weighted by molar-refractivity contribution is 5.67. The normalized spacial score (nSPS) is 10.5. The van der Waals surface area contributed by atoms with Crippen LogP contribution in [0.5, 0.6) is 0 Å². The molecule has 0 aliphatic rings. The van der Waals surface area contributed by atoms with Crippen LogP contribution < -0.4 is 4.57 Å². The Balaban J connectivity index is 2.05. The number of ether oxygens (including phenoxy) is 2. The van der Waals surface area contributed by atoms with Crippen LogP contribution in [0, 0.1) is 0 Å². The van der Waals surface area contributed by atoms with Crippen LogP contribution in [0.1, 0.15) is 19.8 Å². The quantitative estimate of drug-likeness (QED) is 0.382. The fourth-order valence-corrected chi connectivity index (χ4v) is 1.35. The third-order valence-electron chi connectivity index (χ3n) is 2.27. The predicted molar refractivity (Wildman–Crippen MR) is 62.3 cm³/mol. The van der Waals surface area contributed by atoms with Crippen LogP contribution in [0.2, 0.25) is 0 Å². The highest BCUT2D eigenvalue weighted by atomic mass is 16.6. The average molecular weight is 241 g/mol. The molecule has 0 aromatic carbocycles. The molecule has 0 saturated heterocycles. The van der Waals surface area contributed by atoms with E-state index in [1.54, 1.807) is 4.57 Å². The van der Waals surface area contributed by atoms with E-state index in [1.807, 2.05) is 30.3 Å². The van der Waals surface area contributed by atoms with Gasteiger partial charge in [-0.2, -0.15) is 0 Å². The number of carbonyl (C=O) groups is 1. The Morgan fingerprint density at radius 2 is 2.18 bits per heavy atom. The Labute approximate surface area is 102 Å². The van der Waals surface area contributed by atoms with Crippen LogP contribution in [0.25, 0.3) is 0 Å². The maximum absolute atomic E-state index is 11.4. The van der Waals surface area contributed by atoms with Crippen LogP contribution >= 0.6 is 0 Å². The Morgan fingerprint density at radius 1 is 1.35 bits per heavy atom. The molecule has 0 saturated carbocycles. The summed E-state index contributed by atoms with van der Waals surface area (Å²) in [6, 6.07) is 0. The molecule has 1 aromatic rings. The maximum atomic E-state index is 11.4. The van der Waals surface area contributed by atoms with E-state index in [1.165, 1.54) is 0 Å². The van der Waals surface area contributed by atoms with E-state index in [2.05, 4.69) is 6.92 Å². The highest BCUT2D eigenvalue weighted by Gasteiger charge is 2.08. The lowest BCUT2D eigenvalue weighted by Gasteiger charge is -2.04. The number of esters is 1. The second-order valence-electron chi connectivity index (χ2n) is 3.94. The first-order valence-electron chi connectivity index (χ1n) is 5.96. The standard InChI is InChI=1S/C12H21N2O3/c1-3-4-7-16-8-9-17-12(15)10-14-6-5-13(2)11-14/h5-6,11H,3-4,7-10H2,1-2H3/q+1. The van der Waals surface area contributed by atoms with E-state index >= 15 is 0 Å². The fraction of sp³-hybridized carbons (Fsp3) is 0.667. The Bertz CT molecular complexity index is 336. The number of hydrogen-bond donors (Lipinski definition) is 0. The van der Waals surface area contributed by atoms with Crippen LogP contribution in [-0.2, 0) is 27.9 Å². The van der Waals surface area contributed by atoms with Crippen molar-refractivity contribution in [3.05, 3.63) is 18.7 Å². The second kappa shape index (κ2) is 7.84. The van der Waals surface area contributed by atoms with E-state index < -0.39 is 0 Å². The van der Waals surface area contributed by atoms with Gasteiger partial charge in [0.2, 0.25) is 6.33 Å². The van der Waals surface area contributed by atoms with E-state index in [-0.39, 0.29) is 12.5 Å². The van der Waals surface area contributed by atoms with E-state index in [0.717, 1.165) is 19.4 Å². The van der Waals surface area contributed by atoms with Gasteiger partial charge in [0.05, 0.1) is 13.7 Å². The Morgan fingerprint density at radius 3 is 2.82 bits per heavy atom. The molecule has 0 amide bonds. The van der Waals surface area contributed by atoms with Crippen LogP contribution in [0.15, 0.2) is 18.7 Å². The summed E-state index contributed by atoms with van der Waals surface area (Å²) >= 11 is 0. The summed E-state index contributed by atoms with van der Waals surface area (Å²) in [4.78, 5) is 11.4. The first-order chi connectivity index (χ1) is 8.22. The molecular weight excluding hydrogens is 220 g/mol. The molecule has 0 bridgehead atoms. The molecule has 0 spiro atoms. The minimum Gasteiger partial charge on any atom is -0.460 e. The molecule has 0 radical (unpaired) electrons. The van der Waals surface area contributed by atoms with Crippen molar-refractivity contribution < 1.29 is 18.8 Å². The molecule has 0 fully saturated rings. The summed E-state index contributed by atoms with van der Waals surface area (Å²) in [6.45, 7) is 3.90. The number of aromatic nitrogens is 2. The van der Waals surface area contributed by atoms with Crippen LogP contribution in [0.3, 0.4) is 0 Å². The number of aryl methyl sites for hydroxylation is 1. The monoisotopic (exact) mass is 241 g/mol. The average Bonchev–Trinajstić information content (AvgIpc) is 2.69. The zero-order chi connectivity index (χ0) is 12.5. The van der Waals surface area contributed by atoms with Crippen LogP contribution in [-0.4, -0.2) is 30.4 Å². The molecule has 1 aromatic heterocycles. The first-order valence-corrected chi connectivity index (χ1v) is 5.96. The van der Waals surface area contributed by atoms with Crippen LogP contribution in [0.4, 0.5) is 0 Å². The third kappa shape index (κ3) is 6.06. The van der Waals surface area contributed by atoms with Gasteiger partial charge in [-0.3, -0.25) is 0 Å². The molecule has 1 heterocycles. The van der Waals surface area contributed by atoms with E-state index in [4.69, 9.17) is 9.47 Å². The molecule has 0 N–H and O–H groups in total. The molecule has 0 aliphatic carbocycles. The van der Waals surface area contributed by atoms with Crippen molar-refractivity contribution in [1.82, 2.24) is 4.57 Å². The molecular formula is C12H21N2O3+. The summed E-state index contributed by atoms with van der Waals surface area (Å²) in [5.74, 6) is -0.236. The number of rotatable bonds is 8. The number of hydrogen-bond acceptors (Lipinski definition) is 3. The molecule has 0 atom stereocenters. The van der Waals surface area contributed by atoms with Crippen molar-refractivity contribution in [2.45, 2.75) is 26.3 Å². The van der Waals surface area contributed by atoms with E-state index in [0.29, 0.717) is 13.2 Å². The minimum atomic E-state index is -0.236. The van der Waals surface area contributed by atoms with Crippen molar-refractivity contribution in [2.24, 2.45) is 7.05 Å². The zero-order valence-electron chi connectivity index (χ0n) is 10.6. The lowest BCUT2D eigenvalue weighted by atomic mass is 10.4. The lowest BCUT2D eigenvalue weighted by Crippen LogP contribution is -2.36. The smallest absolute Gasteiger partial charge is 0.348 e. The minimum absolute atomic E-state index is 0.236. The van der Waals surface area contributed by atoms with Gasteiger partial charge < -0.3 is 9.47 Å². The van der Waals surface area contributed by atoms with Crippen molar-refractivity contribution in [3.8, 4) is 0 Å². The molecule has 0 aliphatic heterocycles. The largest absolute Gasteiger partial charge is 0.460 e. The Hall–Kier alpha value is -1.36. The summed E-state index contributed by atoms with van der Waals surface area (Å²) in [5, 5.41) is 0. The van der Waals surface area contributed by atoms with Crippen molar-refractivity contribution in [2.75, 3.05) is 19.8 Å². The molecule has 1 rings (SSSR count). The summed E-state index contributed by atoms with van der Waals surface area (Å²) in [5.41, 5.74) is 0. The van der Waals surface area contributed by atoms with Crippen molar-refractivity contribution in [3.63, 3.8) is 0 Å². The van der Waals surface area contributed by atoms with Crippen molar-refractivity contribution in [1.29, 1.82) is 0 Å². The number of carbonyl (C=O) groups excluding carboxylic acids is 1. The molecule has 96 valence electrons. The van der Waals surface area contributed by atoms with Gasteiger partial charge in [0.1, 0.15) is 19.0 Å². The maximum Gasteiger partial charge on any atom is 0.348 e. The predicted octanol–water partition coefficient (Wildman–Crippen LogP) is 0.672. The summed E-state index contributed by atoms with van der Waals surface area (Å²) in [6.07, 6.45) is 7.71. The number of unbranched alkanes of at least 4 members (excludes halogenated alkanes) is 1. The topological polar surface area (TPSA) is 44.3 Å². The first kappa shape index (κ1) is 13.7. The van der Waals surface area contributed by atoms with Gasteiger partial charge in [0.15, 0.2) is 6.54 Å². The van der Waals surface area contributed by atoms with Crippen molar-refractivity contribution >= 4 is 5.97 Å². The number of imidazole rings is 1. The lowest BCUT2D eigenvalue weighted by molar-refractivity contribution is -0.685. The summed E-state index contributed by atoms with van der Waals surface area (Å²) in [7, 11) is 1.91. The van der Waals surface area contributed by atoms with Gasteiger partial charge in [-0.25, -0.2) is 13.9 Å². The van der Waals surface area contributed by atoms with E-state index in [9.17, 15) is 4.79 Å². The van der Waals surface area contributed by atoms with Gasteiger partial charge in [0, 0.05) is 6.61 Å². The van der Waals surface area contributed by atoms with Gasteiger partial charge in [-0.1, -0.05) is 13.3 Å². The molecule has 5 heteroatoms. The highest BCUT2D eigenvalue weighted by Crippen LogP contribution is 1.88. The molecule has 0 unspecified atom stereocenters. The summed E-state index contributed by atoms with van der Waals surface area (Å²) < 4.78 is 14.0. The molecule has 17 heavy (non-hydrogen) atoms. The second-order valence-corrected chi connectivity index (χ2v) is 3.94. The molecule has 5 nitrogen and oxygen atoms in total. The third-order valence-corrected chi connectivity index (χ3v) is 2.27. The van der Waals surface area contributed by atoms with Gasteiger partial charge in [0.25, 0.3) is 0 Å². The SMILES string of the molecule is CCCCOCCOC(=O)C[n+]1ccn(C)c1. The fourth-order valence-electron chi connectivity index (χ4n) is 1.35. The Kier molecular flexibility index (Phi) is 6.32. The zero-order valence-corrected chi connectivity index (χ0v) is 10.6. The number of nitrogens with zero attached hydrogens (tertiary/aromatic N) is 2. The van der Waals surface area contributed by atoms with Gasteiger partial charge in [-0.15, -0.1) is 0 Å².